The lowest BCUT2D eigenvalue weighted by molar-refractivity contribution is -0.385. The Kier molecular flexibility index (Phi) is 6.82. The van der Waals surface area contributed by atoms with Crippen LogP contribution >= 0.6 is 15.9 Å². The summed E-state index contributed by atoms with van der Waals surface area (Å²) in [7, 11) is 0. The number of hydrogen-bond acceptors (Lipinski definition) is 6. The maximum absolute atomic E-state index is 13.1. The van der Waals surface area contributed by atoms with E-state index >= 15 is 0 Å². The molecule has 1 aromatic heterocycles. The summed E-state index contributed by atoms with van der Waals surface area (Å²) in [4.78, 5) is 28.6. The van der Waals surface area contributed by atoms with E-state index in [0.29, 0.717) is 22.3 Å². The number of hydrogen-bond donors (Lipinski definition) is 0. The topological polar surface area (TPSA) is 99.6 Å². The zero-order valence-corrected chi connectivity index (χ0v) is 18.5. The second-order valence-electron chi connectivity index (χ2n) is 6.78. The van der Waals surface area contributed by atoms with Gasteiger partial charge in [0.2, 0.25) is 0 Å². The largest absolute Gasteiger partial charge is 0.474 e. The van der Waals surface area contributed by atoms with E-state index in [4.69, 9.17) is 11.2 Å². The molecule has 0 amide bonds. The smallest absolute Gasteiger partial charge is 0.311 e. The van der Waals surface area contributed by atoms with Crippen LogP contribution < -0.4 is 10.3 Å². The van der Waals surface area contributed by atoms with Crippen LogP contribution in [0.4, 0.5) is 5.69 Å². The van der Waals surface area contributed by atoms with Gasteiger partial charge in [-0.1, -0.05) is 35.7 Å². The van der Waals surface area contributed by atoms with Crippen molar-refractivity contribution >= 4 is 38.7 Å². The van der Waals surface area contributed by atoms with Crippen molar-refractivity contribution in [3.63, 3.8) is 0 Å². The number of aromatic nitrogens is 2. The van der Waals surface area contributed by atoms with Crippen molar-refractivity contribution in [1.82, 2.24) is 9.66 Å². The highest BCUT2D eigenvalue weighted by Crippen LogP contribution is 2.27. The Bertz CT molecular complexity index is 1280. The fourth-order valence-corrected chi connectivity index (χ4v) is 3.26. The Morgan fingerprint density at radius 1 is 1.39 bits per heavy atom. The zero-order valence-electron chi connectivity index (χ0n) is 16.9. The number of nitro benzene ring substituents is 1. The normalized spacial score (nSPS) is 12.1. The highest BCUT2D eigenvalue weighted by atomic mass is 79.9. The minimum absolute atomic E-state index is 0.0215. The lowest BCUT2D eigenvalue weighted by Crippen LogP contribution is -2.23. The van der Waals surface area contributed by atoms with Gasteiger partial charge in [-0.15, -0.1) is 6.42 Å². The van der Waals surface area contributed by atoms with E-state index in [-0.39, 0.29) is 29.5 Å². The second-order valence-corrected chi connectivity index (χ2v) is 7.70. The van der Waals surface area contributed by atoms with Crippen LogP contribution in [0.3, 0.4) is 0 Å². The molecular weight excluding hydrogens is 464 g/mol. The Balaban J connectivity index is 2.11. The lowest BCUT2D eigenvalue weighted by atomic mass is 10.1. The van der Waals surface area contributed by atoms with E-state index in [1.54, 1.807) is 18.2 Å². The van der Waals surface area contributed by atoms with Gasteiger partial charge in [-0.05, 0) is 36.8 Å². The third-order valence-electron chi connectivity index (χ3n) is 4.70. The summed E-state index contributed by atoms with van der Waals surface area (Å²) in [6.45, 7) is 3.87. The molecule has 9 heteroatoms. The fraction of sp³-hybridized carbons (Fsp3) is 0.227. The minimum Gasteiger partial charge on any atom is -0.474 e. The van der Waals surface area contributed by atoms with Crippen LogP contribution in [0.1, 0.15) is 37.6 Å². The van der Waals surface area contributed by atoms with Crippen molar-refractivity contribution in [1.29, 1.82) is 0 Å². The monoisotopic (exact) mass is 482 g/mol. The van der Waals surface area contributed by atoms with Crippen molar-refractivity contribution in [2.45, 2.75) is 26.2 Å². The van der Waals surface area contributed by atoms with Crippen LogP contribution in [0.5, 0.6) is 5.75 Å². The van der Waals surface area contributed by atoms with Gasteiger partial charge in [0.15, 0.2) is 5.75 Å². The Hall–Kier alpha value is -3.51. The molecule has 0 saturated carbocycles. The molecule has 0 spiro atoms. The predicted molar refractivity (Wildman–Crippen MR) is 123 cm³/mol. The summed E-state index contributed by atoms with van der Waals surface area (Å²) in [6, 6.07) is 9.66. The molecule has 0 aliphatic carbocycles. The second kappa shape index (κ2) is 9.53. The minimum atomic E-state index is -0.560. The van der Waals surface area contributed by atoms with E-state index < -0.39 is 4.92 Å². The summed E-state index contributed by atoms with van der Waals surface area (Å²) in [5, 5.41) is 16.1. The van der Waals surface area contributed by atoms with E-state index in [0.717, 1.165) is 10.9 Å². The molecule has 0 saturated heterocycles. The van der Waals surface area contributed by atoms with Gasteiger partial charge in [0.25, 0.3) is 5.56 Å². The molecule has 0 aliphatic rings. The van der Waals surface area contributed by atoms with E-state index in [9.17, 15) is 14.9 Å². The Morgan fingerprint density at radius 3 is 2.84 bits per heavy atom. The van der Waals surface area contributed by atoms with E-state index in [2.05, 4.69) is 31.9 Å². The standard InChI is InChI=1S/C22H19BrN4O4/c1-4-10-31-20-9-6-15(11-19(20)27(29)30)13-24-26-21(14(3)5-2)25-18-8-7-16(23)12-17(18)22(26)28/h1,6-9,11-14H,5,10H2,2-3H3/t14-/m1/s1. The molecule has 1 heterocycles. The number of terminal acetylenes is 1. The highest BCUT2D eigenvalue weighted by molar-refractivity contribution is 9.10. The number of benzene rings is 2. The molecule has 158 valence electrons. The van der Waals surface area contributed by atoms with Crippen molar-refractivity contribution in [2.24, 2.45) is 5.10 Å². The summed E-state index contributed by atoms with van der Waals surface area (Å²) in [5.41, 5.74) is 0.451. The molecule has 2 aromatic carbocycles. The first-order valence-corrected chi connectivity index (χ1v) is 10.3. The third-order valence-corrected chi connectivity index (χ3v) is 5.19. The molecule has 0 bridgehead atoms. The number of halogens is 1. The van der Waals surface area contributed by atoms with Crippen molar-refractivity contribution in [2.75, 3.05) is 6.61 Å². The average molecular weight is 483 g/mol. The Morgan fingerprint density at radius 2 is 2.16 bits per heavy atom. The van der Waals surface area contributed by atoms with Gasteiger partial charge in [0.1, 0.15) is 12.4 Å². The van der Waals surface area contributed by atoms with Crippen LogP contribution in [0.15, 0.2) is 50.8 Å². The number of rotatable bonds is 7. The van der Waals surface area contributed by atoms with Gasteiger partial charge in [0, 0.05) is 22.0 Å². The van der Waals surface area contributed by atoms with Crippen LogP contribution in [0.25, 0.3) is 10.9 Å². The first-order chi connectivity index (χ1) is 14.8. The summed E-state index contributed by atoms with van der Waals surface area (Å²) in [6.07, 6.45) is 7.30. The summed E-state index contributed by atoms with van der Waals surface area (Å²) < 4.78 is 7.22. The van der Waals surface area contributed by atoms with Gasteiger partial charge in [-0.25, -0.2) is 4.98 Å². The molecule has 0 radical (unpaired) electrons. The highest BCUT2D eigenvalue weighted by Gasteiger charge is 2.17. The van der Waals surface area contributed by atoms with Gasteiger partial charge in [-0.2, -0.15) is 9.78 Å². The summed E-state index contributed by atoms with van der Waals surface area (Å²) >= 11 is 3.37. The number of ether oxygens (including phenoxy) is 1. The molecule has 0 aliphatic heterocycles. The molecule has 8 nitrogen and oxygen atoms in total. The number of fused-ring (bicyclic) bond motifs is 1. The van der Waals surface area contributed by atoms with Gasteiger partial charge in [-0.3, -0.25) is 14.9 Å². The molecule has 31 heavy (non-hydrogen) atoms. The SMILES string of the molecule is C#CCOc1ccc(C=Nn2c([C@H](C)CC)nc3ccc(Br)cc3c2=O)cc1[N+](=O)[O-]. The van der Waals surface area contributed by atoms with Crippen LogP contribution in [-0.2, 0) is 0 Å². The molecule has 1 atom stereocenters. The van der Waals surface area contributed by atoms with E-state index in [1.807, 2.05) is 19.9 Å². The predicted octanol–water partition coefficient (Wildman–Crippen LogP) is 4.47. The lowest BCUT2D eigenvalue weighted by Gasteiger charge is -2.14. The van der Waals surface area contributed by atoms with E-state index in [1.165, 1.54) is 23.0 Å². The molecule has 3 aromatic rings. The first kappa shape index (κ1) is 22.2. The maximum atomic E-state index is 13.1. The number of nitro groups is 1. The van der Waals surface area contributed by atoms with Gasteiger partial charge < -0.3 is 4.74 Å². The summed E-state index contributed by atoms with van der Waals surface area (Å²) in [5.74, 6) is 2.83. The molecular formula is C22H19BrN4O4. The molecule has 0 fully saturated rings. The van der Waals surface area contributed by atoms with Crippen molar-refractivity contribution in [3.05, 3.63) is 72.7 Å². The van der Waals surface area contributed by atoms with Gasteiger partial charge in [0.05, 0.1) is 22.0 Å². The van der Waals surface area contributed by atoms with Crippen LogP contribution in [0, 0.1) is 22.5 Å². The molecule has 0 N–H and O–H groups in total. The zero-order chi connectivity index (χ0) is 22.5. The Labute approximate surface area is 186 Å². The average Bonchev–Trinajstić information content (AvgIpc) is 2.76. The van der Waals surface area contributed by atoms with Crippen molar-refractivity contribution < 1.29 is 9.66 Å². The van der Waals surface area contributed by atoms with Crippen LogP contribution in [-0.4, -0.2) is 27.4 Å². The maximum Gasteiger partial charge on any atom is 0.311 e. The van der Waals surface area contributed by atoms with Gasteiger partial charge >= 0.3 is 5.69 Å². The molecule has 3 rings (SSSR count). The molecule has 0 unspecified atom stereocenters. The van der Waals surface area contributed by atoms with Crippen LogP contribution in [0.2, 0.25) is 0 Å². The van der Waals surface area contributed by atoms with Crippen molar-refractivity contribution in [3.8, 4) is 18.1 Å². The quantitative estimate of drug-likeness (QED) is 0.214. The fourth-order valence-electron chi connectivity index (χ4n) is 2.90. The first-order valence-electron chi connectivity index (χ1n) is 9.47. The number of nitrogens with zero attached hydrogens (tertiary/aromatic N) is 4. The third kappa shape index (κ3) is 4.81.